The van der Waals surface area contributed by atoms with Gasteiger partial charge in [0.15, 0.2) is 10.9 Å². The summed E-state index contributed by atoms with van der Waals surface area (Å²) in [5.74, 6) is 0.0862. The van der Waals surface area contributed by atoms with Crippen molar-refractivity contribution in [1.82, 2.24) is 4.98 Å². The van der Waals surface area contributed by atoms with E-state index in [-0.39, 0.29) is 11.8 Å². The van der Waals surface area contributed by atoms with E-state index in [1.54, 1.807) is 13.1 Å². The van der Waals surface area contributed by atoms with Gasteiger partial charge in [-0.1, -0.05) is 0 Å². The Morgan fingerprint density at radius 3 is 3.00 bits per heavy atom. The number of Topliss-reactive ketones (excluding diaryl/α,β-unsaturated/α-hetero) is 1. The first kappa shape index (κ1) is 11.7. The molecule has 80 valence electrons. The van der Waals surface area contributed by atoms with E-state index in [9.17, 15) is 4.79 Å². The van der Waals surface area contributed by atoms with Crippen LogP contribution in [-0.4, -0.2) is 23.4 Å². The average molecular weight is 223 g/mol. The number of ketones is 1. The highest BCUT2D eigenvalue weighted by atomic mass is 32.1. The van der Waals surface area contributed by atoms with Gasteiger partial charge in [-0.25, -0.2) is 4.98 Å². The van der Waals surface area contributed by atoms with Crippen molar-refractivity contribution in [3.05, 3.63) is 11.6 Å². The summed E-state index contributed by atoms with van der Waals surface area (Å²) in [5, 5.41) is 11.2. The molecular formula is C10H13N3OS. The van der Waals surface area contributed by atoms with Gasteiger partial charge in [-0.2, -0.15) is 5.26 Å². The van der Waals surface area contributed by atoms with Crippen molar-refractivity contribution in [2.45, 2.75) is 26.3 Å². The highest BCUT2D eigenvalue weighted by Crippen LogP contribution is 2.20. The third-order valence-electron chi connectivity index (χ3n) is 2.19. The van der Waals surface area contributed by atoms with Crippen molar-refractivity contribution < 1.29 is 4.79 Å². The third kappa shape index (κ3) is 3.03. The minimum atomic E-state index is -0.218. The number of aromatic nitrogens is 1. The smallest absolute Gasteiger partial charge is 0.185 e. The number of carbonyl (C=O) groups excluding carboxylic acids is 1. The Kier molecular flexibility index (Phi) is 4.25. The Morgan fingerprint density at radius 2 is 2.53 bits per heavy atom. The molecule has 0 aromatic carbocycles. The summed E-state index contributed by atoms with van der Waals surface area (Å²) in [7, 11) is 0. The molecule has 1 rings (SSSR count). The number of hydrogen-bond acceptors (Lipinski definition) is 5. The summed E-state index contributed by atoms with van der Waals surface area (Å²) in [6.07, 6.45) is 2.10. The number of anilines is 1. The molecule has 0 saturated carbocycles. The molecule has 0 amide bonds. The molecule has 0 radical (unpaired) electrons. The van der Waals surface area contributed by atoms with Crippen LogP contribution in [0.15, 0.2) is 11.6 Å². The average Bonchev–Trinajstić information content (AvgIpc) is 2.71. The van der Waals surface area contributed by atoms with Crippen LogP contribution in [0.2, 0.25) is 0 Å². The molecule has 5 heteroatoms. The zero-order chi connectivity index (χ0) is 11.3. The molecule has 0 saturated heterocycles. The summed E-state index contributed by atoms with van der Waals surface area (Å²) in [6, 6.07) is 1.86. The van der Waals surface area contributed by atoms with E-state index in [1.165, 1.54) is 11.3 Å². The lowest BCUT2D eigenvalue weighted by Gasteiger charge is -2.25. The molecule has 0 fully saturated rings. The van der Waals surface area contributed by atoms with E-state index in [1.807, 2.05) is 17.2 Å². The van der Waals surface area contributed by atoms with Crippen LogP contribution in [0.1, 0.15) is 20.3 Å². The largest absolute Gasteiger partial charge is 0.337 e. The van der Waals surface area contributed by atoms with Crippen molar-refractivity contribution in [2.24, 2.45) is 0 Å². The van der Waals surface area contributed by atoms with Crippen LogP contribution >= 0.6 is 11.3 Å². The molecule has 0 bridgehead atoms. The van der Waals surface area contributed by atoms with E-state index >= 15 is 0 Å². The van der Waals surface area contributed by atoms with Gasteiger partial charge in [-0.15, -0.1) is 11.3 Å². The van der Waals surface area contributed by atoms with E-state index in [2.05, 4.69) is 11.1 Å². The number of hydrogen-bond donors (Lipinski definition) is 0. The van der Waals surface area contributed by atoms with Crippen molar-refractivity contribution in [2.75, 3.05) is 11.4 Å². The van der Waals surface area contributed by atoms with Crippen LogP contribution in [0.25, 0.3) is 0 Å². The summed E-state index contributed by atoms with van der Waals surface area (Å²) >= 11 is 1.48. The second-order valence-electron chi connectivity index (χ2n) is 3.20. The fraction of sp³-hybridized carbons (Fsp3) is 0.500. The van der Waals surface area contributed by atoms with E-state index in [0.717, 1.165) is 5.13 Å². The maximum absolute atomic E-state index is 11.3. The van der Waals surface area contributed by atoms with Crippen LogP contribution in [0.3, 0.4) is 0 Å². The van der Waals surface area contributed by atoms with Gasteiger partial charge in [0.1, 0.15) is 0 Å². The first-order chi connectivity index (χ1) is 7.16. The monoisotopic (exact) mass is 223 g/mol. The maximum atomic E-state index is 11.3. The normalized spacial score (nSPS) is 11.8. The summed E-state index contributed by atoms with van der Waals surface area (Å²) < 4.78 is 0. The molecule has 4 nitrogen and oxygen atoms in total. The van der Waals surface area contributed by atoms with E-state index in [4.69, 9.17) is 5.26 Å². The fourth-order valence-electron chi connectivity index (χ4n) is 1.20. The molecule has 1 aromatic rings. The molecule has 0 spiro atoms. The zero-order valence-electron chi connectivity index (χ0n) is 8.80. The van der Waals surface area contributed by atoms with Crippen LogP contribution < -0.4 is 4.90 Å². The quantitative estimate of drug-likeness (QED) is 0.764. The topological polar surface area (TPSA) is 57.0 Å². The van der Waals surface area contributed by atoms with Crippen molar-refractivity contribution in [3.63, 3.8) is 0 Å². The molecule has 1 atom stereocenters. The molecule has 1 aromatic heterocycles. The predicted molar refractivity (Wildman–Crippen MR) is 59.8 cm³/mol. The maximum Gasteiger partial charge on any atom is 0.185 e. The highest BCUT2D eigenvalue weighted by Gasteiger charge is 2.19. The lowest BCUT2D eigenvalue weighted by Crippen LogP contribution is -2.38. The number of carbonyl (C=O) groups is 1. The van der Waals surface area contributed by atoms with Gasteiger partial charge < -0.3 is 4.90 Å². The van der Waals surface area contributed by atoms with Crippen LogP contribution in [0.4, 0.5) is 5.13 Å². The summed E-state index contributed by atoms with van der Waals surface area (Å²) in [6.45, 7) is 3.93. The SMILES string of the molecule is CC(=O)C(C)N(CCC#N)c1nccs1. The van der Waals surface area contributed by atoms with Crippen LogP contribution in [-0.2, 0) is 4.79 Å². The molecule has 1 unspecified atom stereocenters. The van der Waals surface area contributed by atoms with Gasteiger partial charge in [-0.05, 0) is 13.8 Å². The molecular weight excluding hydrogens is 210 g/mol. The third-order valence-corrected chi connectivity index (χ3v) is 2.99. The lowest BCUT2D eigenvalue weighted by atomic mass is 10.2. The Morgan fingerprint density at radius 1 is 1.80 bits per heavy atom. The van der Waals surface area contributed by atoms with E-state index in [0.29, 0.717) is 13.0 Å². The number of thiazole rings is 1. The first-order valence-corrected chi connectivity index (χ1v) is 5.58. The molecule has 0 aliphatic carbocycles. The van der Waals surface area contributed by atoms with Crippen molar-refractivity contribution in [3.8, 4) is 6.07 Å². The first-order valence-electron chi connectivity index (χ1n) is 4.70. The molecule has 0 N–H and O–H groups in total. The van der Waals surface area contributed by atoms with Crippen LogP contribution in [0.5, 0.6) is 0 Å². The van der Waals surface area contributed by atoms with Crippen molar-refractivity contribution in [1.29, 1.82) is 5.26 Å². The Labute approximate surface area is 93.2 Å². The zero-order valence-corrected chi connectivity index (χ0v) is 9.62. The van der Waals surface area contributed by atoms with Crippen LogP contribution in [0, 0.1) is 11.3 Å². The summed E-state index contributed by atoms with van der Waals surface area (Å²) in [5.41, 5.74) is 0. The minimum Gasteiger partial charge on any atom is -0.337 e. The number of rotatable bonds is 5. The Hall–Kier alpha value is -1.41. The standard InChI is InChI=1S/C10H13N3OS/c1-8(9(2)14)13(6-3-4-11)10-12-5-7-15-10/h5,7-8H,3,6H2,1-2H3. The fourth-order valence-corrected chi connectivity index (χ4v) is 1.95. The molecule has 1 heterocycles. The van der Waals surface area contributed by atoms with Gasteiger partial charge in [-0.3, -0.25) is 4.79 Å². The summed E-state index contributed by atoms with van der Waals surface area (Å²) in [4.78, 5) is 17.3. The molecule has 0 aliphatic heterocycles. The second-order valence-corrected chi connectivity index (χ2v) is 4.08. The molecule has 15 heavy (non-hydrogen) atoms. The van der Waals surface area contributed by atoms with Gasteiger partial charge in [0.25, 0.3) is 0 Å². The Balaban J connectivity index is 2.79. The second kappa shape index (κ2) is 5.47. The minimum absolute atomic E-state index is 0.0862. The molecule has 0 aliphatic rings. The number of nitriles is 1. The van der Waals surface area contributed by atoms with Crippen molar-refractivity contribution >= 4 is 22.3 Å². The number of nitrogens with zero attached hydrogens (tertiary/aromatic N) is 3. The Bertz CT molecular complexity index is 355. The van der Waals surface area contributed by atoms with Gasteiger partial charge in [0.05, 0.1) is 18.5 Å². The predicted octanol–water partition coefficient (Wildman–Crippen LogP) is 1.84. The van der Waals surface area contributed by atoms with Gasteiger partial charge in [0, 0.05) is 18.1 Å². The van der Waals surface area contributed by atoms with Gasteiger partial charge in [0.2, 0.25) is 0 Å². The van der Waals surface area contributed by atoms with Gasteiger partial charge >= 0.3 is 0 Å². The highest BCUT2D eigenvalue weighted by molar-refractivity contribution is 7.13. The lowest BCUT2D eigenvalue weighted by molar-refractivity contribution is -0.117. The van der Waals surface area contributed by atoms with E-state index < -0.39 is 0 Å².